The molecule has 11 aromatic rings. The van der Waals surface area contributed by atoms with E-state index in [-0.39, 0.29) is 0 Å². The van der Waals surface area contributed by atoms with Crippen molar-refractivity contribution in [2.75, 3.05) is 5.32 Å². The van der Waals surface area contributed by atoms with Crippen LogP contribution in [0.25, 0.3) is 91.8 Å². The number of anilines is 2. The Labute approximate surface area is 323 Å². The van der Waals surface area contributed by atoms with E-state index in [0.717, 1.165) is 11.4 Å². The maximum Gasteiger partial charge on any atom is 0.0541 e. The number of hydrogen-bond acceptors (Lipinski definition) is 2. The molecule has 0 aliphatic heterocycles. The van der Waals surface area contributed by atoms with Crippen molar-refractivity contribution in [2.45, 2.75) is 0 Å². The molecule has 55 heavy (non-hydrogen) atoms. The predicted molar refractivity (Wildman–Crippen MR) is 237 cm³/mol. The van der Waals surface area contributed by atoms with Crippen molar-refractivity contribution in [1.82, 2.24) is 4.57 Å². The average molecular weight is 719 g/mol. The van der Waals surface area contributed by atoms with Gasteiger partial charge in [0.1, 0.15) is 0 Å². The molecule has 258 valence electrons. The molecule has 0 radical (unpaired) electrons. The van der Waals surface area contributed by atoms with Gasteiger partial charge in [-0.15, -0.1) is 11.3 Å². The molecule has 2 heterocycles. The maximum atomic E-state index is 3.75. The summed E-state index contributed by atoms with van der Waals surface area (Å²) >= 11 is 1.87. The highest BCUT2D eigenvalue weighted by molar-refractivity contribution is 7.25. The summed E-state index contributed by atoms with van der Waals surface area (Å²) in [5.74, 6) is 0. The van der Waals surface area contributed by atoms with Gasteiger partial charge in [-0.1, -0.05) is 133 Å². The first kappa shape index (κ1) is 31.6. The summed E-state index contributed by atoms with van der Waals surface area (Å²) < 4.78 is 5.03. The molecule has 0 saturated heterocycles. The Morgan fingerprint density at radius 3 is 1.95 bits per heavy atom. The van der Waals surface area contributed by atoms with Gasteiger partial charge in [0, 0.05) is 53.6 Å². The fourth-order valence-electron chi connectivity index (χ4n) is 8.36. The third-order valence-electron chi connectivity index (χ3n) is 11.0. The summed E-state index contributed by atoms with van der Waals surface area (Å²) in [4.78, 5) is 0. The number of para-hydroxylation sites is 3. The molecule has 9 aromatic carbocycles. The van der Waals surface area contributed by atoms with Gasteiger partial charge in [0.05, 0.1) is 11.0 Å². The standard InChI is InChI=1S/C52H34N2S/c1-2-11-41(12-3-1)54-48-18-8-5-14-44(48)46-33-38(28-30-49(46)54)34-21-23-35(24-22-34)42-13-4-7-17-47(42)53-40-29-27-36-31-39(26-25-37(36)32-40)43-16-10-20-51-52(43)45-15-6-9-19-50(45)55-51/h1-33,53H. The van der Waals surface area contributed by atoms with Crippen molar-refractivity contribution in [1.29, 1.82) is 0 Å². The van der Waals surface area contributed by atoms with Gasteiger partial charge in [-0.2, -0.15) is 0 Å². The normalized spacial score (nSPS) is 11.6. The van der Waals surface area contributed by atoms with Crippen LogP contribution >= 0.6 is 11.3 Å². The highest BCUT2D eigenvalue weighted by atomic mass is 32.1. The highest BCUT2D eigenvalue weighted by Gasteiger charge is 2.14. The summed E-state index contributed by atoms with van der Waals surface area (Å²) in [6, 6.07) is 72.7. The first-order chi connectivity index (χ1) is 27.2. The van der Waals surface area contributed by atoms with Gasteiger partial charge in [0.2, 0.25) is 0 Å². The Morgan fingerprint density at radius 2 is 1.04 bits per heavy atom. The molecular formula is C52H34N2S. The van der Waals surface area contributed by atoms with Gasteiger partial charge in [-0.3, -0.25) is 0 Å². The number of thiophene rings is 1. The number of benzene rings is 9. The van der Waals surface area contributed by atoms with E-state index >= 15 is 0 Å². The number of aromatic nitrogens is 1. The summed E-state index contributed by atoms with van der Waals surface area (Å²) in [7, 11) is 0. The van der Waals surface area contributed by atoms with E-state index in [1.165, 1.54) is 91.8 Å². The molecular weight excluding hydrogens is 685 g/mol. The van der Waals surface area contributed by atoms with Crippen LogP contribution in [0.4, 0.5) is 11.4 Å². The van der Waals surface area contributed by atoms with Gasteiger partial charge in [0.25, 0.3) is 0 Å². The topological polar surface area (TPSA) is 17.0 Å². The van der Waals surface area contributed by atoms with E-state index in [1.54, 1.807) is 0 Å². The van der Waals surface area contributed by atoms with Crippen LogP contribution in [0.15, 0.2) is 200 Å². The molecule has 0 spiro atoms. The van der Waals surface area contributed by atoms with Crippen LogP contribution in [0.1, 0.15) is 0 Å². The molecule has 1 N–H and O–H groups in total. The van der Waals surface area contributed by atoms with E-state index in [2.05, 4.69) is 210 Å². The van der Waals surface area contributed by atoms with Gasteiger partial charge in [-0.25, -0.2) is 0 Å². The molecule has 0 amide bonds. The van der Waals surface area contributed by atoms with Crippen molar-refractivity contribution >= 4 is 75.5 Å². The van der Waals surface area contributed by atoms with Gasteiger partial charge < -0.3 is 9.88 Å². The lowest BCUT2D eigenvalue weighted by molar-refractivity contribution is 1.18. The van der Waals surface area contributed by atoms with E-state index in [9.17, 15) is 0 Å². The zero-order valence-corrected chi connectivity index (χ0v) is 30.7. The molecule has 0 aliphatic rings. The van der Waals surface area contributed by atoms with Crippen molar-refractivity contribution in [3.05, 3.63) is 200 Å². The zero-order valence-electron chi connectivity index (χ0n) is 29.9. The third-order valence-corrected chi connectivity index (χ3v) is 12.1. The zero-order chi connectivity index (χ0) is 36.3. The Bertz CT molecular complexity index is 3220. The smallest absolute Gasteiger partial charge is 0.0541 e. The predicted octanol–water partition coefficient (Wildman–Crippen LogP) is 15.0. The van der Waals surface area contributed by atoms with Crippen LogP contribution in [0.5, 0.6) is 0 Å². The molecule has 2 nitrogen and oxygen atoms in total. The lowest BCUT2D eigenvalue weighted by Gasteiger charge is -2.14. The number of fused-ring (bicyclic) bond motifs is 7. The molecule has 11 rings (SSSR count). The number of nitrogens with zero attached hydrogens (tertiary/aromatic N) is 1. The van der Waals surface area contributed by atoms with Crippen molar-refractivity contribution in [3.63, 3.8) is 0 Å². The van der Waals surface area contributed by atoms with Gasteiger partial charge in [0.15, 0.2) is 0 Å². The minimum atomic E-state index is 1.07. The maximum absolute atomic E-state index is 3.75. The van der Waals surface area contributed by atoms with Crippen molar-refractivity contribution in [2.24, 2.45) is 0 Å². The van der Waals surface area contributed by atoms with Crippen LogP contribution in [0.2, 0.25) is 0 Å². The molecule has 0 fully saturated rings. The monoisotopic (exact) mass is 718 g/mol. The van der Waals surface area contributed by atoms with Crippen molar-refractivity contribution in [3.8, 4) is 39.1 Å². The van der Waals surface area contributed by atoms with Crippen LogP contribution < -0.4 is 5.32 Å². The average Bonchev–Trinajstić information content (AvgIpc) is 3.80. The fourth-order valence-corrected chi connectivity index (χ4v) is 9.49. The third kappa shape index (κ3) is 5.40. The lowest BCUT2D eigenvalue weighted by atomic mass is 9.97. The molecule has 0 aliphatic carbocycles. The van der Waals surface area contributed by atoms with Crippen LogP contribution in [0.3, 0.4) is 0 Å². The van der Waals surface area contributed by atoms with E-state index in [4.69, 9.17) is 0 Å². The summed E-state index contributed by atoms with van der Waals surface area (Å²) in [5, 5.41) is 11.4. The first-order valence-corrected chi connectivity index (χ1v) is 19.6. The lowest BCUT2D eigenvalue weighted by Crippen LogP contribution is -1.94. The SMILES string of the molecule is c1ccc(-n2c3ccccc3c3cc(-c4ccc(-c5ccccc5Nc5ccc6cc(-c7cccc8sc9ccccc9c78)ccc6c5)cc4)ccc32)cc1. The van der Waals surface area contributed by atoms with Gasteiger partial charge >= 0.3 is 0 Å². The summed E-state index contributed by atoms with van der Waals surface area (Å²) in [5.41, 5.74) is 13.0. The highest BCUT2D eigenvalue weighted by Crippen LogP contribution is 2.41. The second-order valence-corrected chi connectivity index (χ2v) is 15.3. The Morgan fingerprint density at radius 1 is 0.382 bits per heavy atom. The fraction of sp³-hybridized carbons (Fsp3) is 0. The van der Waals surface area contributed by atoms with E-state index in [1.807, 2.05) is 11.3 Å². The van der Waals surface area contributed by atoms with Crippen LogP contribution in [-0.2, 0) is 0 Å². The van der Waals surface area contributed by atoms with E-state index < -0.39 is 0 Å². The molecule has 2 aromatic heterocycles. The largest absolute Gasteiger partial charge is 0.355 e. The Balaban J connectivity index is 0.890. The first-order valence-electron chi connectivity index (χ1n) is 18.8. The second kappa shape index (κ2) is 12.9. The minimum absolute atomic E-state index is 1.07. The second-order valence-electron chi connectivity index (χ2n) is 14.2. The molecule has 0 unspecified atom stereocenters. The van der Waals surface area contributed by atoms with E-state index in [0.29, 0.717) is 0 Å². The summed E-state index contributed by atoms with van der Waals surface area (Å²) in [6.45, 7) is 0. The van der Waals surface area contributed by atoms with Crippen molar-refractivity contribution < 1.29 is 0 Å². The quantitative estimate of drug-likeness (QED) is 0.181. The number of rotatable bonds is 6. The van der Waals surface area contributed by atoms with Crippen LogP contribution in [0, 0.1) is 0 Å². The van der Waals surface area contributed by atoms with Crippen LogP contribution in [-0.4, -0.2) is 4.57 Å². The summed E-state index contributed by atoms with van der Waals surface area (Å²) in [6.07, 6.45) is 0. The molecule has 0 atom stereocenters. The minimum Gasteiger partial charge on any atom is -0.355 e. The van der Waals surface area contributed by atoms with Gasteiger partial charge in [-0.05, 0) is 105 Å². The number of hydrogen-bond donors (Lipinski definition) is 1. The molecule has 0 bridgehead atoms. The molecule has 3 heteroatoms. The Kier molecular flexibility index (Phi) is 7.39. The Hall–Kier alpha value is -6.94. The molecule has 0 saturated carbocycles. The number of nitrogens with one attached hydrogen (secondary N) is 1.